The maximum atomic E-state index is 8.29. The van der Waals surface area contributed by atoms with E-state index in [4.69, 9.17) is 5.11 Å². The Morgan fingerprint density at radius 3 is 2.86 bits per heavy atom. The molecule has 1 rings (SSSR count). The van der Waals surface area contributed by atoms with Gasteiger partial charge in [0.25, 0.3) is 0 Å². The molecule has 0 unspecified atom stereocenters. The minimum atomic E-state index is -0.0972. The van der Waals surface area contributed by atoms with Crippen molar-refractivity contribution in [3.63, 3.8) is 0 Å². The third-order valence-electron chi connectivity index (χ3n) is 0.611. The molecule has 7 heavy (non-hydrogen) atoms. The zero-order valence-electron chi connectivity index (χ0n) is 3.65. The van der Waals surface area contributed by atoms with Gasteiger partial charge in [-0.1, -0.05) is 0 Å². The van der Waals surface area contributed by atoms with Gasteiger partial charge in [0.05, 0.1) is 0 Å². The molecule has 1 aromatic rings. The summed E-state index contributed by atoms with van der Waals surface area (Å²) in [5.74, 6) is 0. The molecule has 1 aromatic heterocycles. The number of aromatic nitrogens is 3. The molecule has 1 N–H and O–H groups in total. The lowest BCUT2D eigenvalue weighted by Crippen LogP contribution is -1.94. The molecule has 4 nitrogen and oxygen atoms in total. The van der Waals surface area contributed by atoms with Crippen molar-refractivity contribution >= 4 is 0 Å². The summed E-state index contributed by atoms with van der Waals surface area (Å²) in [5, 5.41) is 11.9. The first kappa shape index (κ1) is 4.26. The Labute approximate surface area is 40.4 Å². The Morgan fingerprint density at radius 2 is 2.57 bits per heavy atom. The maximum absolute atomic E-state index is 8.29. The van der Waals surface area contributed by atoms with E-state index >= 15 is 0 Å². The summed E-state index contributed by atoms with van der Waals surface area (Å²) >= 11 is 0. The van der Waals surface area contributed by atoms with Gasteiger partial charge in [-0.05, 0) is 0 Å². The van der Waals surface area contributed by atoms with Crippen LogP contribution in [0, 0.1) is 0 Å². The average molecular weight is 99.1 g/mol. The van der Waals surface area contributed by atoms with Crippen LogP contribution >= 0.6 is 0 Å². The van der Waals surface area contributed by atoms with E-state index < -0.39 is 0 Å². The molecular formula is C3H5N3O. The van der Waals surface area contributed by atoms with Crippen LogP contribution in [0.25, 0.3) is 0 Å². The van der Waals surface area contributed by atoms with Crippen molar-refractivity contribution in [3.05, 3.63) is 12.7 Å². The van der Waals surface area contributed by atoms with Gasteiger partial charge in [-0.2, -0.15) is 5.10 Å². The van der Waals surface area contributed by atoms with E-state index in [-0.39, 0.29) is 6.73 Å². The minimum Gasteiger partial charge on any atom is -0.374 e. The monoisotopic (exact) mass is 99.0 g/mol. The number of rotatable bonds is 1. The first-order valence-corrected chi connectivity index (χ1v) is 1.87. The standard InChI is InChI=1S/C3H5N3O/c7-3-6-2-4-1-5-6/h1-2,7H,3H2. The van der Waals surface area contributed by atoms with Crippen molar-refractivity contribution in [2.75, 3.05) is 0 Å². The van der Waals surface area contributed by atoms with Gasteiger partial charge < -0.3 is 5.11 Å². The smallest absolute Gasteiger partial charge is 0.137 e. The molecular weight excluding hydrogens is 94.1 g/mol. The quantitative estimate of drug-likeness (QED) is 0.503. The van der Waals surface area contributed by atoms with Gasteiger partial charge >= 0.3 is 0 Å². The molecule has 0 radical (unpaired) electrons. The van der Waals surface area contributed by atoms with Gasteiger partial charge in [-0.25, -0.2) is 9.67 Å². The summed E-state index contributed by atoms with van der Waals surface area (Å²) in [6.45, 7) is -0.0972. The first-order valence-electron chi connectivity index (χ1n) is 1.87. The largest absolute Gasteiger partial charge is 0.374 e. The SMILES string of the molecule is OCn1cncn1. The van der Waals surface area contributed by atoms with Crippen LogP contribution in [0.15, 0.2) is 12.7 Å². The lowest BCUT2D eigenvalue weighted by Gasteiger charge is -1.85. The number of hydrogen-bond donors (Lipinski definition) is 1. The summed E-state index contributed by atoms with van der Waals surface area (Å²) < 4.78 is 1.32. The topological polar surface area (TPSA) is 50.9 Å². The molecule has 0 bridgehead atoms. The number of hydrogen-bond acceptors (Lipinski definition) is 3. The average Bonchev–Trinajstić information content (AvgIpc) is 2.14. The second-order valence-corrected chi connectivity index (χ2v) is 1.08. The molecule has 0 spiro atoms. The molecule has 0 atom stereocenters. The van der Waals surface area contributed by atoms with Gasteiger partial charge in [0.1, 0.15) is 19.4 Å². The fourth-order valence-corrected chi connectivity index (χ4v) is 0.306. The first-order chi connectivity index (χ1) is 3.43. The zero-order chi connectivity index (χ0) is 5.11. The van der Waals surface area contributed by atoms with Crippen LogP contribution in [0.4, 0.5) is 0 Å². The molecule has 0 saturated carbocycles. The third kappa shape index (κ3) is 0.747. The van der Waals surface area contributed by atoms with E-state index in [1.54, 1.807) is 0 Å². The highest BCUT2D eigenvalue weighted by Crippen LogP contribution is 1.71. The molecule has 4 heteroatoms. The van der Waals surface area contributed by atoms with Crippen LogP contribution in [0.1, 0.15) is 0 Å². The third-order valence-corrected chi connectivity index (χ3v) is 0.611. The molecule has 0 aromatic carbocycles. The van der Waals surface area contributed by atoms with Crippen molar-refractivity contribution in [1.29, 1.82) is 0 Å². The molecule has 38 valence electrons. The Bertz CT molecular complexity index is 125. The highest BCUT2D eigenvalue weighted by Gasteiger charge is 1.79. The Balaban J connectivity index is 2.76. The van der Waals surface area contributed by atoms with E-state index in [9.17, 15) is 0 Å². The van der Waals surface area contributed by atoms with Crippen molar-refractivity contribution in [2.45, 2.75) is 6.73 Å². The van der Waals surface area contributed by atoms with Crippen molar-refractivity contribution in [2.24, 2.45) is 0 Å². The molecule has 1 heterocycles. The fourth-order valence-electron chi connectivity index (χ4n) is 0.306. The zero-order valence-corrected chi connectivity index (χ0v) is 3.65. The Morgan fingerprint density at radius 1 is 1.71 bits per heavy atom. The number of aliphatic hydroxyl groups excluding tert-OH is 1. The lowest BCUT2D eigenvalue weighted by atomic mass is 11.2. The lowest BCUT2D eigenvalue weighted by molar-refractivity contribution is 0.195. The van der Waals surface area contributed by atoms with E-state index in [1.165, 1.54) is 17.3 Å². The summed E-state index contributed by atoms with van der Waals surface area (Å²) in [4.78, 5) is 3.58. The predicted molar refractivity (Wildman–Crippen MR) is 22.2 cm³/mol. The van der Waals surface area contributed by atoms with Gasteiger partial charge in [0.15, 0.2) is 0 Å². The molecule has 0 aliphatic carbocycles. The molecule has 0 amide bonds. The van der Waals surface area contributed by atoms with Crippen molar-refractivity contribution < 1.29 is 5.11 Å². The Kier molecular flexibility index (Phi) is 1.04. The highest BCUT2D eigenvalue weighted by atomic mass is 16.3. The second kappa shape index (κ2) is 1.70. The normalized spacial score (nSPS) is 9.29. The molecule has 0 saturated heterocycles. The highest BCUT2D eigenvalue weighted by molar-refractivity contribution is 4.51. The predicted octanol–water partition coefficient (Wildman–Crippen LogP) is -0.772. The second-order valence-electron chi connectivity index (χ2n) is 1.08. The molecule has 0 aliphatic rings. The number of nitrogens with zero attached hydrogens (tertiary/aromatic N) is 3. The summed E-state index contributed by atoms with van der Waals surface area (Å²) in [6.07, 6.45) is 2.82. The summed E-state index contributed by atoms with van der Waals surface area (Å²) in [6, 6.07) is 0. The molecule has 0 aliphatic heterocycles. The van der Waals surface area contributed by atoms with Gasteiger partial charge in [-0.3, -0.25) is 0 Å². The van der Waals surface area contributed by atoms with Crippen molar-refractivity contribution in [3.8, 4) is 0 Å². The van der Waals surface area contributed by atoms with Crippen molar-refractivity contribution in [1.82, 2.24) is 14.8 Å². The fraction of sp³-hybridized carbons (Fsp3) is 0.333. The maximum Gasteiger partial charge on any atom is 0.137 e. The Hall–Kier alpha value is -0.900. The van der Waals surface area contributed by atoms with Crippen LogP contribution < -0.4 is 0 Å². The number of aliphatic hydroxyl groups is 1. The summed E-state index contributed by atoms with van der Waals surface area (Å²) in [5.41, 5.74) is 0. The van der Waals surface area contributed by atoms with Gasteiger partial charge in [-0.15, -0.1) is 0 Å². The minimum absolute atomic E-state index is 0.0972. The van der Waals surface area contributed by atoms with E-state index in [0.717, 1.165) is 0 Å². The van der Waals surface area contributed by atoms with E-state index in [1.807, 2.05) is 0 Å². The van der Waals surface area contributed by atoms with E-state index in [0.29, 0.717) is 0 Å². The van der Waals surface area contributed by atoms with E-state index in [2.05, 4.69) is 10.1 Å². The summed E-state index contributed by atoms with van der Waals surface area (Å²) in [7, 11) is 0. The van der Waals surface area contributed by atoms with Crippen LogP contribution in [0.5, 0.6) is 0 Å². The van der Waals surface area contributed by atoms with Gasteiger partial charge in [0.2, 0.25) is 0 Å². The van der Waals surface area contributed by atoms with Gasteiger partial charge in [0, 0.05) is 0 Å². The molecule has 0 fully saturated rings. The van der Waals surface area contributed by atoms with Crippen LogP contribution in [-0.2, 0) is 6.73 Å². The van der Waals surface area contributed by atoms with Crippen LogP contribution in [0.3, 0.4) is 0 Å². The van der Waals surface area contributed by atoms with Crippen LogP contribution in [-0.4, -0.2) is 19.9 Å². The van der Waals surface area contributed by atoms with Crippen LogP contribution in [0.2, 0.25) is 0 Å².